The number of aliphatic hydroxyl groups is 1. The second-order valence-corrected chi connectivity index (χ2v) is 5.50. The van der Waals surface area contributed by atoms with E-state index in [4.69, 9.17) is 0 Å². The molecule has 1 aliphatic rings. The Labute approximate surface area is 134 Å². The Morgan fingerprint density at radius 3 is 3.00 bits per heavy atom. The predicted octanol–water partition coefficient (Wildman–Crippen LogP) is 1.99. The number of carbonyl (C=O) groups is 1. The van der Waals surface area contributed by atoms with Gasteiger partial charge in [-0.25, -0.2) is 4.79 Å². The van der Waals surface area contributed by atoms with Crippen molar-refractivity contribution in [3.05, 3.63) is 40.0 Å². The van der Waals surface area contributed by atoms with Gasteiger partial charge in [0.05, 0.1) is 12.0 Å². The minimum Gasteiger partial charge on any atom is -0.466 e. The van der Waals surface area contributed by atoms with Gasteiger partial charge in [0.1, 0.15) is 5.69 Å². The number of nitro benzene ring substituents is 1. The summed E-state index contributed by atoms with van der Waals surface area (Å²) in [6.45, 7) is 1.42. The van der Waals surface area contributed by atoms with Crippen LogP contribution in [0.15, 0.2) is 24.3 Å². The summed E-state index contributed by atoms with van der Waals surface area (Å²) in [6, 6.07) is 4.86. The number of ether oxygens (including phenoxy) is 1. The van der Waals surface area contributed by atoms with Crippen molar-refractivity contribution in [1.82, 2.24) is 0 Å². The number of anilines is 1. The highest BCUT2D eigenvalue weighted by atomic mass is 16.6. The third-order valence-corrected chi connectivity index (χ3v) is 3.93. The lowest BCUT2D eigenvalue weighted by molar-refractivity contribution is -0.384. The number of benzene rings is 1. The van der Waals surface area contributed by atoms with Crippen LogP contribution in [0.1, 0.15) is 18.4 Å². The molecule has 2 rings (SSSR count). The minimum atomic E-state index is -0.515. The number of nitrogens with zero attached hydrogens (tertiary/aromatic N) is 2. The van der Waals surface area contributed by atoms with Gasteiger partial charge in [-0.05, 0) is 36.5 Å². The van der Waals surface area contributed by atoms with Crippen LogP contribution in [0.2, 0.25) is 0 Å². The fourth-order valence-corrected chi connectivity index (χ4v) is 2.72. The minimum absolute atomic E-state index is 0.00407. The first-order chi connectivity index (χ1) is 11.0. The lowest BCUT2D eigenvalue weighted by Crippen LogP contribution is -2.37. The molecule has 1 fully saturated rings. The van der Waals surface area contributed by atoms with Crippen molar-refractivity contribution in [1.29, 1.82) is 0 Å². The van der Waals surface area contributed by atoms with Crippen LogP contribution >= 0.6 is 0 Å². The van der Waals surface area contributed by atoms with Gasteiger partial charge in [-0.2, -0.15) is 0 Å². The maximum absolute atomic E-state index is 11.4. The summed E-state index contributed by atoms with van der Waals surface area (Å²) in [4.78, 5) is 24.0. The monoisotopic (exact) mass is 320 g/mol. The Bertz CT molecular complexity index is 614. The Hall–Kier alpha value is -2.41. The van der Waals surface area contributed by atoms with Gasteiger partial charge in [0.25, 0.3) is 5.69 Å². The van der Waals surface area contributed by atoms with E-state index in [-0.39, 0.29) is 18.2 Å². The third-order valence-electron chi connectivity index (χ3n) is 3.93. The molecule has 23 heavy (non-hydrogen) atoms. The Balaban J connectivity index is 2.28. The Morgan fingerprint density at radius 2 is 2.35 bits per heavy atom. The van der Waals surface area contributed by atoms with E-state index in [1.54, 1.807) is 12.1 Å². The molecule has 0 amide bonds. The molecule has 0 radical (unpaired) electrons. The van der Waals surface area contributed by atoms with E-state index in [0.717, 1.165) is 19.4 Å². The average molecular weight is 320 g/mol. The number of rotatable bonds is 5. The van der Waals surface area contributed by atoms with Crippen LogP contribution in [0, 0.1) is 16.0 Å². The zero-order valence-corrected chi connectivity index (χ0v) is 13.0. The van der Waals surface area contributed by atoms with E-state index < -0.39 is 10.9 Å². The lowest BCUT2D eigenvalue weighted by atomic mass is 9.98. The van der Waals surface area contributed by atoms with Crippen LogP contribution in [-0.4, -0.2) is 42.8 Å². The van der Waals surface area contributed by atoms with Crippen LogP contribution in [0.3, 0.4) is 0 Å². The lowest BCUT2D eigenvalue weighted by Gasteiger charge is -2.33. The number of carbonyl (C=O) groups excluding carboxylic acids is 1. The van der Waals surface area contributed by atoms with Gasteiger partial charge in [0.2, 0.25) is 0 Å². The normalized spacial score (nSPS) is 18.2. The molecule has 0 aliphatic carbocycles. The fraction of sp³-hybridized carbons (Fsp3) is 0.438. The van der Waals surface area contributed by atoms with Crippen molar-refractivity contribution in [3.63, 3.8) is 0 Å². The average Bonchev–Trinajstić information content (AvgIpc) is 2.59. The zero-order valence-electron chi connectivity index (χ0n) is 13.0. The van der Waals surface area contributed by atoms with E-state index in [9.17, 15) is 20.0 Å². The third kappa shape index (κ3) is 4.29. The number of hydrogen-bond donors (Lipinski definition) is 1. The topological polar surface area (TPSA) is 92.9 Å². The molecule has 0 unspecified atom stereocenters. The quantitative estimate of drug-likeness (QED) is 0.386. The van der Waals surface area contributed by atoms with Crippen LogP contribution in [0.4, 0.5) is 11.4 Å². The number of esters is 1. The molecule has 1 N–H and O–H groups in total. The highest BCUT2D eigenvalue weighted by Gasteiger charge is 2.25. The maximum atomic E-state index is 11.4. The first-order valence-corrected chi connectivity index (χ1v) is 7.45. The fourth-order valence-electron chi connectivity index (χ4n) is 2.72. The second kappa shape index (κ2) is 7.73. The van der Waals surface area contributed by atoms with Crippen LogP contribution in [0.25, 0.3) is 6.08 Å². The summed E-state index contributed by atoms with van der Waals surface area (Å²) in [5.41, 5.74) is 1.10. The summed E-state index contributed by atoms with van der Waals surface area (Å²) in [5, 5.41) is 20.7. The van der Waals surface area contributed by atoms with Gasteiger partial charge >= 0.3 is 5.97 Å². The van der Waals surface area contributed by atoms with Crippen LogP contribution in [0.5, 0.6) is 0 Å². The molecule has 0 saturated carbocycles. The molecule has 1 heterocycles. The maximum Gasteiger partial charge on any atom is 0.330 e. The number of aliphatic hydroxyl groups excluding tert-OH is 1. The SMILES string of the molecule is COC(=O)/C=C/c1ccc(N2CCC[C@@H](CO)C2)c([N+](=O)[O-])c1. The largest absolute Gasteiger partial charge is 0.466 e. The molecule has 1 aliphatic heterocycles. The van der Waals surface area contributed by atoms with Gasteiger partial charge in [-0.3, -0.25) is 10.1 Å². The van der Waals surface area contributed by atoms with Crippen molar-refractivity contribution in [3.8, 4) is 0 Å². The molecular formula is C16H20N2O5. The molecule has 0 spiro atoms. The summed E-state index contributed by atoms with van der Waals surface area (Å²) >= 11 is 0. The number of hydrogen-bond acceptors (Lipinski definition) is 6. The predicted molar refractivity (Wildman–Crippen MR) is 86.2 cm³/mol. The van der Waals surface area contributed by atoms with E-state index in [1.807, 2.05) is 4.90 Å². The standard InChI is InChI=1S/C16H20N2O5/c1-23-16(20)7-5-12-4-6-14(15(9-12)18(21)22)17-8-2-3-13(10-17)11-19/h4-7,9,13,19H,2-3,8,10-11H2,1H3/b7-5+/t13-/m1/s1. The second-order valence-electron chi connectivity index (χ2n) is 5.50. The van der Waals surface area contributed by atoms with Gasteiger partial charge in [0, 0.05) is 31.8 Å². The molecule has 1 aromatic rings. The highest BCUT2D eigenvalue weighted by molar-refractivity contribution is 5.87. The number of nitro groups is 1. The molecule has 0 aromatic heterocycles. The first kappa shape index (κ1) is 17.0. The van der Waals surface area contributed by atoms with Gasteiger partial charge in [-0.1, -0.05) is 6.07 Å². The van der Waals surface area contributed by atoms with E-state index in [1.165, 1.54) is 25.3 Å². The molecular weight excluding hydrogens is 300 g/mol. The van der Waals surface area contributed by atoms with E-state index in [2.05, 4.69) is 4.74 Å². The van der Waals surface area contributed by atoms with Crippen molar-refractivity contribution in [2.24, 2.45) is 5.92 Å². The Morgan fingerprint density at radius 1 is 1.57 bits per heavy atom. The Kier molecular flexibility index (Phi) is 5.70. The summed E-state index contributed by atoms with van der Waals surface area (Å²) in [7, 11) is 1.27. The summed E-state index contributed by atoms with van der Waals surface area (Å²) in [5.74, 6) is -0.374. The molecule has 1 aromatic carbocycles. The highest BCUT2D eigenvalue weighted by Crippen LogP contribution is 2.32. The van der Waals surface area contributed by atoms with Crippen molar-refractivity contribution in [2.45, 2.75) is 12.8 Å². The first-order valence-electron chi connectivity index (χ1n) is 7.45. The van der Waals surface area contributed by atoms with Crippen molar-refractivity contribution >= 4 is 23.4 Å². The smallest absolute Gasteiger partial charge is 0.330 e. The number of piperidine rings is 1. The zero-order chi connectivity index (χ0) is 16.8. The van der Waals surface area contributed by atoms with Gasteiger partial charge < -0.3 is 14.7 Å². The summed E-state index contributed by atoms with van der Waals surface area (Å²) in [6.07, 6.45) is 4.53. The van der Waals surface area contributed by atoms with Crippen LogP contribution < -0.4 is 4.90 Å². The molecule has 0 bridgehead atoms. The number of methoxy groups -OCH3 is 1. The van der Waals surface area contributed by atoms with Gasteiger partial charge in [-0.15, -0.1) is 0 Å². The molecule has 124 valence electrons. The van der Waals surface area contributed by atoms with Crippen molar-refractivity contribution < 1.29 is 19.6 Å². The summed E-state index contributed by atoms with van der Waals surface area (Å²) < 4.78 is 4.50. The van der Waals surface area contributed by atoms with Gasteiger partial charge in [0.15, 0.2) is 0 Å². The van der Waals surface area contributed by atoms with E-state index in [0.29, 0.717) is 17.8 Å². The van der Waals surface area contributed by atoms with Crippen molar-refractivity contribution in [2.75, 3.05) is 31.7 Å². The molecule has 1 atom stereocenters. The van der Waals surface area contributed by atoms with Crippen LogP contribution in [-0.2, 0) is 9.53 Å². The molecule has 7 heteroatoms. The van der Waals surface area contributed by atoms with E-state index >= 15 is 0 Å². The molecule has 1 saturated heterocycles. The molecule has 7 nitrogen and oxygen atoms in total.